The molecule has 0 saturated heterocycles. The van der Waals surface area contributed by atoms with Gasteiger partial charge in [-0.1, -0.05) is 15.9 Å². The Balaban J connectivity index is 3.07. The summed E-state index contributed by atoms with van der Waals surface area (Å²) in [4.78, 5) is 1.67. The van der Waals surface area contributed by atoms with Crippen molar-refractivity contribution in [3.05, 3.63) is 0 Å². The maximum Gasteiger partial charge on any atom is 0.0869 e. The van der Waals surface area contributed by atoms with Gasteiger partial charge in [-0.25, -0.2) is 0 Å². The predicted octanol–water partition coefficient (Wildman–Crippen LogP) is 0.306. The van der Waals surface area contributed by atoms with Crippen LogP contribution in [-0.2, 0) is 0 Å². The normalized spacial score (nSPS) is 10.5. The maximum absolute atomic E-state index is 3.41. The molecule has 0 radical (unpaired) electrons. The highest BCUT2D eigenvalue weighted by molar-refractivity contribution is 9.09. The molecule has 0 heterocycles. The minimum absolute atomic E-state index is 1.13. The van der Waals surface area contributed by atoms with Gasteiger partial charge in [-0.05, 0) is 13.8 Å². The molecule has 0 aromatic heterocycles. The molecule has 0 aliphatic heterocycles. The third-order valence-corrected chi connectivity index (χ3v) is 1.84. The average Bonchev–Trinajstić information content (AvgIpc) is 1.83. The summed E-state index contributed by atoms with van der Waals surface area (Å²) in [6, 6.07) is 0. The summed E-state index contributed by atoms with van der Waals surface area (Å²) < 4.78 is 0. The van der Waals surface area contributed by atoms with E-state index >= 15 is 0 Å². The fourth-order valence-electron chi connectivity index (χ4n) is 0.737. The molecule has 1 nitrogen and oxygen atoms in total. The molecule has 0 atom stereocenters. The van der Waals surface area contributed by atoms with Crippen LogP contribution in [0.4, 0.5) is 0 Å². The second-order valence-corrected chi connectivity index (χ2v) is 2.69. The lowest BCUT2D eigenvalue weighted by Gasteiger charge is -2.12. The van der Waals surface area contributed by atoms with E-state index in [0.29, 0.717) is 0 Å². The summed E-state index contributed by atoms with van der Waals surface area (Å²) in [6.07, 6.45) is 0. The van der Waals surface area contributed by atoms with Crippen LogP contribution in [0, 0.1) is 0 Å². The number of quaternary nitrogens is 1. The van der Waals surface area contributed by atoms with Crippen LogP contribution in [0.5, 0.6) is 0 Å². The third kappa shape index (κ3) is 3.44. The van der Waals surface area contributed by atoms with Gasteiger partial charge in [-0.3, -0.25) is 0 Å². The van der Waals surface area contributed by atoms with Crippen LogP contribution in [0.15, 0.2) is 0 Å². The predicted molar refractivity (Wildman–Crippen MR) is 40.7 cm³/mol. The van der Waals surface area contributed by atoms with E-state index in [4.69, 9.17) is 0 Å². The largest absolute Gasteiger partial charge is 0.335 e. The van der Waals surface area contributed by atoms with Crippen molar-refractivity contribution in [2.24, 2.45) is 0 Å². The highest BCUT2D eigenvalue weighted by Crippen LogP contribution is 1.69. The Morgan fingerprint density at radius 2 is 1.75 bits per heavy atom. The molecular formula is C6H15BrN+. The van der Waals surface area contributed by atoms with Gasteiger partial charge < -0.3 is 4.90 Å². The molecule has 1 N–H and O–H groups in total. The average molecular weight is 181 g/mol. The molecule has 0 unspecified atom stereocenters. The van der Waals surface area contributed by atoms with Crippen molar-refractivity contribution in [2.45, 2.75) is 13.8 Å². The van der Waals surface area contributed by atoms with Gasteiger partial charge in [-0.15, -0.1) is 0 Å². The highest BCUT2D eigenvalue weighted by Gasteiger charge is 1.97. The summed E-state index contributed by atoms with van der Waals surface area (Å²) in [5.74, 6) is 0. The molecule has 0 aliphatic carbocycles. The van der Waals surface area contributed by atoms with E-state index in [-0.39, 0.29) is 0 Å². The Morgan fingerprint density at radius 3 is 1.88 bits per heavy atom. The lowest BCUT2D eigenvalue weighted by molar-refractivity contribution is -0.893. The third-order valence-electron chi connectivity index (χ3n) is 1.45. The highest BCUT2D eigenvalue weighted by atomic mass is 79.9. The van der Waals surface area contributed by atoms with E-state index in [1.807, 2.05) is 0 Å². The molecule has 0 rings (SSSR count). The number of nitrogens with one attached hydrogen (secondary N) is 1. The molecular weight excluding hydrogens is 166 g/mol. The molecule has 0 aromatic carbocycles. The lowest BCUT2D eigenvalue weighted by Crippen LogP contribution is -3.11. The van der Waals surface area contributed by atoms with Crippen molar-refractivity contribution < 1.29 is 4.90 Å². The monoisotopic (exact) mass is 180 g/mol. The molecule has 0 amide bonds. The first-order valence-electron chi connectivity index (χ1n) is 3.24. The minimum Gasteiger partial charge on any atom is -0.335 e. The summed E-state index contributed by atoms with van der Waals surface area (Å²) in [5.41, 5.74) is 0. The van der Waals surface area contributed by atoms with Crippen LogP contribution in [0.1, 0.15) is 13.8 Å². The molecule has 0 aliphatic rings. The Morgan fingerprint density at radius 1 is 1.25 bits per heavy atom. The molecule has 0 bridgehead atoms. The van der Waals surface area contributed by atoms with Crippen LogP contribution < -0.4 is 4.90 Å². The van der Waals surface area contributed by atoms with Crippen LogP contribution in [0.25, 0.3) is 0 Å². The number of rotatable bonds is 4. The standard InChI is InChI=1S/C6H14BrN/c1-3-8(4-2)6-5-7/h3-6H2,1-2H3/p+1. The summed E-state index contributed by atoms with van der Waals surface area (Å²) in [5, 5.41) is 1.13. The summed E-state index contributed by atoms with van der Waals surface area (Å²) >= 11 is 3.41. The first kappa shape index (κ1) is 8.44. The Hall–Kier alpha value is 0.440. The van der Waals surface area contributed by atoms with Gasteiger partial charge in [0.05, 0.1) is 25.0 Å². The van der Waals surface area contributed by atoms with Gasteiger partial charge in [0, 0.05) is 0 Å². The van der Waals surface area contributed by atoms with E-state index in [2.05, 4.69) is 29.8 Å². The number of halogens is 1. The van der Waals surface area contributed by atoms with E-state index in [9.17, 15) is 0 Å². The maximum atomic E-state index is 3.41. The van der Waals surface area contributed by atoms with Crippen LogP contribution in [0.3, 0.4) is 0 Å². The summed E-state index contributed by atoms with van der Waals surface area (Å²) in [7, 11) is 0. The van der Waals surface area contributed by atoms with Gasteiger partial charge in [0.2, 0.25) is 0 Å². The van der Waals surface area contributed by atoms with Gasteiger partial charge in [0.25, 0.3) is 0 Å². The van der Waals surface area contributed by atoms with Crippen molar-refractivity contribution in [1.29, 1.82) is 0 Å². The Kier molecular flexibility index (Phi) is 5.88. The SMILES string of the molecule is CC[NH+](CC)CCBr. The van der Waals surface area contributed by atoms with Crippen molar-refractivity contribution >= 4 is 15.9 Å². The summed E-state index contributed by atoms with van der Waals surface area (Å²) in [6.45, 7) is 8.21. The molecule has 0 fully saturated rings. The van der Waals surface area contributed by atoms with Crippen LogP contribution >= 0.6 is 15.9 Å². The van der Waals surface area contributed by atoms with E-state index < -0.39 is 0 Å². The second-order valence-electron chi connectivity index (χ2n) is 1.90. The van der Waals surface area contributed by atoms with Crippen LogP contribution in [-0.4, -0.2) is 25.0 Å². The number of hydrogen-bond donors (Lipinski definition) is 1. The zero-order chi connectivity index (χ0) is 6.41. The molecule has 0 spiro atoms. The quantitative estimate of drug-likeness (QED) is 0.595. The first-order valence-corrected chi connectivity index (χ1v) is 4.36. The van der Waals surface area contributed by atoms with Crippen molar-refractivity contribution in [2.75, 3.05) is 25.0 Å². The van der Waals surface area contributed by atoms with Crippen molar-refractivity contribution in [3.8, 4) is 0 Å². The van der Waals surface area contributed by atoms with Gasteiger partial charge in [0.1, 0.15) is 0 Å². The van der Waals surface area contributed by atoms with E-state index in [0.717, 1.165) is 5.33 Å². The lowest BCUT2D eigenvalue weighted by atomic mass is 10.5. The molecule has 2 heteroatoms. The Labute approximate surface area is 60.2 Å². The van der Waals surface area contributed by atoms with Gasteiger partial charge in [-0.2, -0.15) is 0 Å². The van der Waals surface area contributed by atoms with E-state index in [1.54, 1.807) is 4.90 Å². The fraction of sp³-hybridized carbons (Fsp3) is 1.00. The topological polar surface area (TPSA) is 4.44 Å². The fourth-order valence-corrected chi connectivity index (χ4v) is 1.30. The number of hydrogen-bond acceptors (Lipinski definition) is 0. The van der Waals surface area contributed by atoms with Crippen molar-refractivity contribution in [1.82, 2.24) is 0 Å². The Bertz CT molecular complexity index is 43.8. The number of alkyl halides is 1. The zero-order valence-electron chi connectivity index (χ0n) is 5.71. The molecule has 8 heavy (non-hydrogen) atoms. The van der Waals surface area contributed by atoms with Crippen molar-refractivity contribution in [3.63, 3.8) is 0 Å². The van der Waals surface area contributed by atoms with Crippen LogP contribution in [0.2, 0.25) is 0 Å². The molecule has 50 valence electrons. The second kappa shape index (κ2) is 5.57. The minimum atomic E-state index is 1.13. The van der Waals surface area contributed by atoms with E-state index in [1.165, 1.54) is 19.6 Å². The smallest absolute Gasteiger partial charge is 0.0869 e. The molecule has 0 saturated carbocycles. The zero-order valence-corrected chi connectivity index (χ0v) is 7.29. The van der Waals surface area contributed by atoms with Gasteiger partial charge >= 0.3 is 0 Å². The first-order chi connectivity index (χ1) is 3.85. The van der Waals surface area contributed by atoms with Gasteiger partial charge in [0.15, 0.2) is 0 Å². The molecule has 0 aromatic rings.